The molecular weight excluding hydrogens is 404 g/mol. The van der Waals surface area contributed by atoms with Crippen LogP contribution in [-0.2, 0) is 6.42 Å². The van der Waals surface area contributed by atoms with Crippen molar-refractivity contribution in [3.05, 3.63) is 75.7 Å². The molecule has 3 aromatic rings. The molecule has 0 spiro atoms. The van der Waals surface area contributed by atoms with Gasteiger partial charge in [0.25, 0.3) is 5.56 Å². The fourth-order valence-electron chi connectivity index (χ4n) is 2.71. The fourth-order valence-corrected chi connectivity index (χ4v) is 2.91. The third-order valence-electron chi connectivity index (χ3n) is 4.09. The van der Waals surface area contributed by atoms with Gasteiger partial charge in [0.05, 0.1) is 24.7 Å². The summed E-state index contributed by atoms with van der Waals surface area (Å²) in [5.74, 6) is 0.184. The van der Waals surface area contributed by atoms with Gasteiger partial charge >= 0.3 is 6.61 Å². The molecule has 0 bridgehead atoms. The first-order chi connectivity index (χ1) is 14.0. The normalized spacial score (nSPS) is 10.8. The van der Waals surface area contributed by atoms with Crippen LogP contribution in [0.2, 0.25) is 5.02 Å². The van der Waals surface area contributed by atoms with Crippen LogP contribution < -0.4 is 20.3 Å². The van der Waals surface area contributed by atoms with Gasteiger partial charge in [-0.2, -0.15) is 18.6 Å². The van der Waals surface area contributed by atoms with Crippen LogP contribution in [0, 0.1) is 0 Å². The maximum absolute atomic E-state index is 12.5. The number of benzene rings is 2. The molecular formula is C20H18ClF2N3O3. The average Bonchev–Trinajstić information content (AvgIpc) is 2.72. The molecule has 0 aliphatic heterocycles. The van der Waals surface area contributed by atoms with Gasteiger partial charge < -0.3 is 14.8 Å². The highest BCUT2D eigenvalue weighted by Gasteiger charge is 2.12. The van der Waals surface area contributed by atoms with Crippen LogP contribution >= 0.6 is 11.6 Å². The summed E-state index contributed by atoms with van der Waals surface area (Å²) in [6.07, 6.45) is 2.01. The summed E-state index contributed by atoms with van der Waals surface area (Å²) in [6.45, 7) is -2.49. The summed E-state index contributed by atoms with van der Waals surface area (Å²) in [7, 11) is 1.38. The molecule has 1 N–H and O–H groups in total. The van der Waals surface area contributed by atoms with Crippen LogP contribution in [-0.4, -0.2) is 30.0 Å². The first-order valence-corrected chi connectivity index (χ1v) is 9.06. The predicted molar refractivity (Wildman–Crippen MR) is 107 cm³/mol. The number of hydrogen-bond acceptors (Lipinski definition) is 5. The van der Waals surface area contributed by atoms with Gasteiger partial charge in [0.2, 0.25) is 0 Å². The van der Waals surface area contributed by atoms with Crippen LogP contribution in [0.3, 0.4) is 0 Å². The molecule has 1 aromatic heterocycles. The third kappa shape index (κ3) is 5.03. The number of para-hydroxylation sites is 1. The second kappa shape index (κ2) is 9.38. The molecule has 9 heteroatoms. The van der Waals surface area contributed by atoms with E-state index in [2.05, 4.69) is 15.2 Å². The second-order valence-corrected chi connectivity index (χ2v) is 6.34. The Labute approximate surface area is 170 Å². The van der Waals surface area contributed by atoms with Gasteiger partial charge in [-0.25, -0.2) is 0 Å². The van der Waals surface area contributed by atoms with Crippen molar-refractivity contribution >= 4 is 17.3 Å². The summed E-state index contributed by atoms with van der Waals surface area (Å²) in [5.41, 5.74) is 1.42. The Hall–Kier alpha value is -3.13. The minimum absolute atomic E-state index is 0.0297. The number of hydrogen-bond donors (Lipinski definition) is 1. The minimum atomic E-state index is -2.93. The SMILES string of the molecule is COc1cc(CCNc2cnn(-c3ccccc3)c(=O)c2Cl)ccc1OC(F)F. The van der Waals surface area contributed by atoms with Gasteiger partial charge in [0.15, 0.2) is 11.5 Å². The lowest BCUT2D eigenvalue weighted by atomic mass is 10.1. The number of halogens is 3. The van der Waals surface area contributed by atoms with Crippen molar-refractivity contribution in [2.75, 3.05) is 19.0 Å². The molecule has 29 heavy (non-hydrogen) atoms. The van der Waals surface area contributed by atoms with Crippen molar-refractivity contribution < 1.29 is 18.3 Å². The molecule has 152 valence electrons. The highest BCUT2D eigenvalue weighted by atomic mass is 35.5. The molecule has 3 rings (SSSR count). The van der Waals surface area contributed by atoms with Crippen molar-refractivity contribution in [2.45, 2.75) is 13.0 Å². The predicted octanol–water partition coefficient (Wildman–Crippen LogP) is 4.15. The molecule has 0 amide bonds. The largest absolute Gasteiger partial charge is 0.493 e. The Morgan fingerprint density at radius 2 is 1.93 bits per heavy atom. The molecule has 0 radical (unpaired) electrons. The van der Waals surface area contributed by atoms with Gasteiger partial charge in [-0.1, -0.05) is 35.9 Å². The lowest BCUT2D eigenvalue weighted by Gasteiger charge is -2.13. The number of aromatic nitrogens is 2. The monoisotopic (exact) mass is 421 g/mol. The van der Waals surface area contributed by atoms with Gasteiger partial charge in [0, 0.05) is 6.54 Å². The van der Waals surface area contributed by atoms with Crippen molar-refractivity contribution in [1.29, 1.82) is 0 Å². The minimum Gasteiger partial charge on any atom is -0.493 e. The highest BCUT2D eigenvalue weighted by Crippen LogP contribution is 2.29. The molecule has 0 unspecified atom stereocenters. The summed E-state index contributed by atoms with van der Waals surface area (Å²) < 4.78 is 35.5. The lowest BCUT2D eigenvalue weighted by molar-refractivity contribution is -0.0512. The van der Waals surface area contributed by atoms with Crippen LogP contribution in [0.4, 0.5) is 14.5 Å². The van der Waals surface area contributed by atoms with Gasteiger partial charge in [-0.15, -0.1) is 0 Å². The van der Waals surface area contributed by atoms with E-state index in [1.807, 2.05) is 6.07 Å². The standard InChI is InChI=1S/C20H18ClF2N3O3/c1-28-17-11-13(7-8-16(17)29-20(22)23)9-10-24-15-12-25-26(19(27)18(15)21)14-5-3-2-4-6-14/h2-8,11-12,20,24H,9-10H2,1H3. The van der Waals surface area contributed by atoms with E-state index >= 15 is 0 Å². The van der Waals surface area contributed by atoms with E-state index < -0.39 is 12.2 Å². The van der Waals surface area contributed by atoms with Crippen molar-refractivity contribution in [3.63, 3.8) is 0 Å². The second-order valence-electron chi connectivity index (χ2n) is 5.97. The number of ether oxygens (including phenoxy) is 2. The van der Waals surface area contributed by atoms with Crippen molar-refractivity contribution in [1.82, 2.24) is 9.78 Å². The molecule has 0 aliphatic carbocycles. The Morgan fingerprint density at radius 1 is 1.17 bits per heavy atom. The Bertz CT molecular complexity index is 1030. The Balaban J connectivity index is 1.68. The Morgan fingerprint density at radius 3 is 2.62 bits per heavy atom. The number of methoxy groups -OCH3 is 1. The summed E-state index contributed by atoms with van der Waals surface area (Å²) in [5, 5.41) is 7.25. The number of rotatable bonds is 8. The van der Waals surface area contributed by atoms with E-state index in [4.69, 9.17) is 16.3 Å². The van der Waals surface area contributed by atoms with E-state index in [1.54, 1.807) is 36.4 Å². The summed E-state index contributed by atoms with van der Waals surface area (Å²) in [6, 6.07) is 13.7. The zero-order chi connectivity index (χ0) is 20.8. The Kier molecular flexibility index (Phi) is 6.66. The van der Waals surface area contributed by atoms with Crippen LogP contribution in [0.5, 0.6) is 11.5 Å². The van der Waals surface area contributed by atoms with Crippen molar-refractivity contribution in [3.8, 4) is 17.2 Å². The van der Waals surface area contributed by atoms with Crippen LogP contribution in [0.15, 0.2) is 59.5 Å². The average molecular weight is 422 g/mol. The fraction of sp³-hybridized carbons (Fsp3) is 0.200. The first kappa shape index (κ1) is 20.6. The summed E-state index contributed by atoms with van der Waals surface area (Å²) >= 11 is 6.20. The number of nitrogens with zero attached hydrogens (tertiary/aromatic N) is 2. The lowest BCUT2D eigenvalue weighted by Crippen LogP contribution is -2.23. The zero-order valence-electron chi connectivity index (χ0n) is 15.4. The topological polar surface area (TPSA) is 65.4 Å². The summed E-state index contributed by atoms with van der Waals surface area (Å²) in [4.78, 5) is 12.5. The van der Waals surface area contributed by atoms with Crippen LogP contribution in [0.1, 0.15) is 5.56 Å². The van der Waals surface area contributed by atoms with Gasteiger partial charge in [0.1, 0.15) is 5.02 Å². The van der Waals surface area contributed by atoms with E-state index in [-0.39, 0.29) is 16.5 Å². The molecule has 1 heterocycles. The molecule has 0 fully saturated rings. The maximum atomic E-state index is 12.5. The quantitative estimate of drug-likeness (QED) is 0.592. The van der Waals surface area contributed by atoms with Crippen molar-refractivity contribution in [2.24, 2.45) is 0 Å². The molecule has 0 atom stereocenters. The maximum Gasteiger partial charge on any atom is 0.387 e. The first-order valence-electron chi connectivity index (χ1n) is 8.68. The molecule has 0 aliphatic rings. The zero-order valence-corrected chi connectivity index (χ0v) is 16.2. The molecule has 0 saturated heterocycles. The number of alkyl halides is 2. The number of nitrogens with one attached hydrogen (secondary N) is 1. The smallest absolute Gasteiger partial charge is 0.387 e. The van der Waals surface area contributed by atoms with Crippen LogP contribution in [0.25, 0.3) is 5.69 Å². The highest BCUT2D eigenvalue weighted by molar-refractivity contribution is 6.32. The molecule has 6 nitrogen and oxygen atoms in total. The van der Waals surface area contributed by atoms with E-state index in [0.717, 1.165) is 5.56 Å². The van der Waals surface area contributed by atoms with E-state index in [1.165, 1.54) is 24.1 Å². The molecule has 0 saturated carbocycles. The molecule has 2 aromatic carbocycles. The third-order valence-corrected chi connectivity index (χ3v) is 4.46. The van der Waals surface area contributed by atoms with Gasteiger partial charge in [-0.3, -0.25) is 4.79 Å². The van der Waals surface area contributed by atoms with E-state index in [9.17, 15) is 13.6 Å². The van der Waals surface area contributed by atoms with E-state index in [0.29, 0.717) is 24.3 Å². The van der Waals surface area contributed by atoms with Gasteiger partial charge in [-0.05, 0) is 36.2 Å². The number of anilines is 1.